The first-order chi connectivity index (χ1) is 9.70. The fourth-order valence-corrected chi connectivity index (χ4v) is 3.80. The summed E-state index contributed by atoms with van der Waals surface area (Å²) in [6.07, 6.45) is 0. The van der Waals surface area contributed by atoms with Crippen LogP contribution < -0.4 is 10.5 Å². The van der Waals surface area contributed by atoms with E-state index in [1.165, 1.54) is 18.2 Å². The first kappa shape index (κ1) is 16.2. The number of halogens is 3. The van der Waals surface area contributed by atoms with E-state index in [9.17, 15) is 8.42 Å². The highest BCUT2D eigenvalue weighted by molar-refractivity contribution is 7.92. The van der Waals surface area contributed by atoms with Crippen molar-refractivity contribution in [3.8, 4) is 0 Å². The van der Waals surface area contributed by atoms with Crippen LogP contribution in [0.15, 0.2) is 35.2 Å². The zero-order valence-electron chi connectivity index (χ0n) is 10.8. The van der Waals surface area contributed by atoms with E-state index in [1.54, 1.807) is 12.1 Å². The van der Waals surface area contributed by atoms with E-state index < -0.39 is 10.0 Å². The fourth-order valence-electron chi connectivity index (χ4n) is 1.68. The molecule has 0 aliphatic heterocycles. The molecule has 0 heterocycles. The van der Waals surface area contributed by atoms with Crippen molar-refractivity contribution in [3.63, 3.8) is 0 Å². The van der Waals surface area contributed by atoms with Crippen LogP contribution in [0.3, 0.4) is 0 Å². The summed E-state index contributed by atoms with van der Waals surface area (Å²) in [5.74, 6) is 0. The Morgan fingerprint density at radius 3 is 2.10 bits per heavy atom. The van der Waals surface area contributed by atoms with Crippen molar-refractivity contribution in [2.24, 2.45) is 0 Å². The molecule has 0 aromatic heterocycles. The van der Waals surface area contributed by atoms with Gasteiger partial charge in [-0.15, -0.1) is 0 Å². The quantitative estimate of drug-likeness (QED) is 0.795. The lowest BCUT2D eigenvalue weighted by molar-refractivity contribution is 0.601. The summed E-state index contributed by atoms with van der Waals surface area (Å²) >= 11 is 17.7. The topological polar surface area (TPSA) is 72.2 Å². The Labute approximate surface area is 137 Å². The van der Waals surface area contributed by atoms with Gasteiger partial charge in [0.2, 0.25) is 0 Å². The van der Waals surface area contributed by atoms with Crippen LogP contribution in [-0.2, 0) is 10.0 Å². The van der Waals surface area contributed by atoms with Crippen LogP contribution in [0.25, 0.3) is 0 Å². The normalized spacial score (nSPS) is 11.4. The minimum Gasteiger partial charge on any atom is -0.396 e. The van der Waals surface area contributed by atoms with Crippen LogP contribution in [0.2, 0.25) is 15.1 Å². The summed E-state index contributed by atoms with van der Waals surface area (Å²) in [4.78, 5) is -0.0289. The smallest absolute Gasteiger partial charge is 0.263 e. The molecule has 0 fully saturated rings. The van der Waals surface area contributed by atoms with Gasteiger partial charge in [0.05, 0.1) is 26.4 Å². The first-order valence-corrected chi connectivity index (χ1v) is 8.36. The molecule has 0 aliphatic rings. The zero-order valence-corrected chi connectivity index (χ0v) is 13.9. The van der Waals surface area contributed by atoms with E-state index in [2.05, 4.69) is 4.72 Å². The first-order valence-electron chi connectivity index (χ1n) is 5.74. The van der Waals surface area contributed by atoms with Crippen LogP contribution in [0.1, 0.15) is 5.56 Å². The fraction of sp³-hybridized carbons (Fsp3) is 0.0769. The Bertz CT molecular complexity index is 784. The van der Waals surface area contributed by atoms with Gasteiger partial charge in [-0.25, -0.2) is 8.42 Å². The van der Waals surface area contributed by atoms with Crippen LogP contribution in [0.5, 0.6) is 0 Å². The summed E-state index contributed by atoms with van der Waals surface area (Å²) in [7, 11) is -3.85. The average Bonchev–Trinajstić information content (AvgIpc) is 2.34. The third-order valence-corrected chi connectivity index (χ3v) is 5.20. The molecule has 8 heteroatoms. The minimum absolute atomic E-state index is 0.0289. The summed E-state index contributed by atoms with van der Waals surface area (Å²) in [5, 5.41) is 0.459. The lowest BCUT2D eigenvalue weighted by Gasteiger charge is -2.11. The number of nitrogens with one attached hydrogen (secondary N) is 1. The number of anilines is 2. The molecule has 2 aromatic rings. The van der Waals surface area contributed by atoms with Gasteiger partial charge in [0.1, 0.15) is 4.90 Å². The molecule has 21 heavy (non-hydrogen) atoms. The second-order valence-electron chi connectivity index (χ2n) is 4.39. The number of sulfonamides is 1. The molecule has 3 N–H and O–H groups in total. The SMILES string of the molecule is Cc1ccc(S(=O)(=O)Nc2cc(Cl)c(N)c(Cl)c2)c(Cl)c1. The molecule has 2 aromatic carbocycles. The van der Waals surface area contributed by atoms with Gasteiger partial charge in [0, 0.05) is 0 Å². The number of hydrogen-bond donors (Lipinski definition) is 2. The van der Waals surface area contributed by atoms with Crippen LogP contribution in [-0.4, -0.2) is 8.42 Å². The van der Waals surface area contributed by atoms with Crippen molar-refractivity contribution in [2.75, 3.05) is 10.5 Å². The maximum Gasteiger partial charge on any atom is 0.263 e. The van der Waals surface area contributed by atoms with Gasteiger partial charge in [0.15, 0.2) is 0 Å². The Kier molecular flexibility index (Phi) is 4.58. The number of nitrogens with two attached hydrogens (primary N) is 1. The maximum atomic E-state index is 12.3. The summed E-state index contributed by atoms with van der Waals surface area (Å²) in [5.41, 5.74) is 6.86. The predicted molar refractivity (Wildman–Crippen MR) is 87.9 cm³/mol. The third-order valence-electron chi connectivity index (χ3n) is 2.71. The van der Waals surface area contributed by atoms with Gasteiger partial charge >= 0.3 is 0 Å². The van der Waals surface area contributed by atoms with E-state index in [0.717, 1.165) is 5.56 Å². The molecule has 0 atom stereocenters. The highest BCUT2D eigenvalue weighted by Crippen LogP contribution is 2.32. The molecule has 0 radical (unpaired) electrons. The minimum atomic E-state index is -3.85. The largest absolute Gasteiger partial charge is 0.396 e. The van der Waals surface area contributed by atoms with Crippen molar-refractivity contribution < 1.29 is 8.42 Å². The Balaban J connectivity index is 2.42. The van der Waals surface area contributed by atoms with Crippen molar-refractivity contribution in [1.82, 2.24) is 0 Å². The number of benzene rings is 2. The molecule has 0 saturated carbocycles. The van der Waals surface area contributed by atoms with E-state index in [1.807, 2.05) is 6.92 Å². The van der Waals surface area contributed by atoms with Crippen LogP contribution >= 0.6 is 34.8 Å². The highest BCUT2D eigenvalue weighted by Gasteiger charge is 2.19. The van der Waals surface area contributed by atoms with Gasteiger partial charge in [-0.05, 0) is 36.8 Å². The lowest BCUT2D eigenvalue weighted by Crippen LogP contribution is -2.13. The molecule has 112 valence electrons. The van der Waals surface area contributed by atoms with Crippen molar-refractivity contribution in [2.45, 2.75) is 11.8 Å². The zero-order chi connectivity index (χ0) is 15.8. The molecule has 0 unspecified atom stereocenters. The van der Waals surface area contributed by atoms with E-state index in [-0.39, 0.29) is 31.3 Å². The number of aryl methyl sites for hydroxylation is 1. The number of rotatable bonds is 3. The Morgan fingerprint density at radius 1 is 1.00 bits per heavy atom. The third kappa shape index (κ3) is 3.55. The second-order valence-corrected chi connectivity index (χ2v) is 7.27. The van der Waals surface area contributed by atoms with Crippen molar-refractivity contribution >= 4 is 56.2 Å². The van der Waals surface area contributed by atoms with Crippen LogP contribution in [0.4, 0.5) is 11.4 Å². The van der Waals surface area contributed by atoms with Crippen LogP contribution in [0, 0.1) is 6.92 Å². The van der Waals surface area contributed by atoms with Gasteiger partial charge in [0.25, 0.3) is 10.0 Å². The number of nitrogen functional groups attached to an aromatic ring is 1. The average molecular weight is 366 g/mol. The monoisotopic (exact) mass is 364 g/mol. The Hall–Kier alpha value is -1.14. The van der Waals surface area contributed by atoms with Crippen molar-refractivity contribution in [1.29, 1.82) is 0 Å². The molecular weight excluding hydrogens is 355 g/mol. The lowest BCUT2D eigenvalue weighted by atomic mass is 10.2. The van der Waals surface area contributed by atoms with E-state index in [4.69, 9.17) is 40.5 Å². The van der Waals surface area contributed by atoms with E-state index in [0.29, 0.717) is 0 Å². The molecule has 0 bridgehead atoms. The molecule has 4 nitrogen and oxygen atoms in total. The van der Waals surface area contributed by atoms with Gasteiger partial charge < -0.3 is 5.73 Å². The molecule has 0 spiro atoms. The molecule has 2 rings (SSSR count). The standard InChI is InChI=1S/C13H11Cl3N2O2S/c1-7-2-3-12(9(14)4-7)21(19,20)18-8-5-10(15)13(17)11(16)6-8/h2-6,18H,17H2,1H3. The molecular formula is C13H11Cl3N2O2S. The van der Waals surface area contributed by atoms with E-state index >= 15 is 0 Å². The summed E-state index contributed by atoms with van der Waals surface area (Å²) in [6, 6.07) is 7.41. The molecule has 0 amide bonds. The molecule has 0 aliphatic carbocycles. The number of hydrogen-bond acceptors (Lipinski definition) is 3. The second kappa shape index (κ2) is 5.93. The summed E-state index contributed by atoms with van der Waals surface area (Å²) < 4.78 is 27.0. The Morgan fingerprint density at radius 2 is 1.57 bits per heavy atom. The van der Waals surface area contributed by atoms with Gasteiger partial charge in [-0.2, -0.15) is 0 Å². The highest BCUT2D eigenvalue weighted by atomic mass is 35.5. The van der Waals surface area contributed by atoms with Gasteiger partial charge in [-0.1, -0.05) is 40.9 Å². The molecule has 0 saturated heterocycles. The maximum absolute atomic E-state index is 12.3. The van der Waals surface area contributed by atoms with Gasteiger partial charge in [-0.3, -0.25) is 4.72 Å². The van der Waals surface area contributed by atoms with Crippen molar-refractivity contribution in [3.05, 3.63) is 51.0 Å². The summed E-state index contributed by atoms with van der Waals surface area (Å²) in [6.45, 7) is 1.81. The predicted octanol–water partition coefficient (Wildman–Crippen LogP) is 4.34.